The lowest BCUT2D eigenvalue weighted by molar-refractivity contribution is -0.123. The Labute approximate surface area is 204 Å². The number of amides is 2. The Bertz CT molecular complexity index is 1090. The molecule has 0 aliphatic heterocycles. The number of Topliss-reactive ketones (excluding diaryl/α,β-unsaturated/α-hetero) is 1. The van der Waals surface area contributed by atoms with Crippen LogP contribution in [0.4, 0.5) is 23.2 Å². The molecule has 0 radical (unpaired) electrons. The van der Waals surface area contributed by atoms with Crippen LogP contribution >= 0.6 is 11.8 Å². The Balaban J connectivity index is 0.00000298. The van der Waals surface area contributed by atoms with Crippen LogP contribution in [0, 0.1) is 12.7 Å². The second kappa shape index (κ2) is 13.5. The number of hydrogen-bond donors (Lipinski definition) is 1. The monoisotopic (exact) mass is 515 g/mol. The second-order valence-electron chi connectivity index (χ2n) is 6.68. The molecule has 0 saturated heterocycles. The lowest BCUT2D eigenvalue weighted by Gasteiger charge is -2.26. The Morgan fingerprint density at radius 3 is 2.46 bits per heavy atom. The van der Waals surface area contributed by atoms with Gasteiger partial charge in [0, 0.05) is 25.4 Å². The van der Waals surface area contributed by atoms with Crippen molar-refractivity contribution in [1.29, 1.82) is 0 Å². The van der Waals surface area contributed by atoms with Crippen molar-refractivity contribution in [1.82, 2.24) is 10.3 Å². The van der Waals surface area contributed by atoms with Crippen molar-refractivity contribution in [2.75, 3.05) is 17.7 Å². The molecule has 0 bridgehead atoms. The first kappa shape index (κ1) is 29.6. The Morgan fingerprint density at radius 1 is 1.23 bits per heavy atom. The lowest BCUT2D eigenvalue weighted by atomic mass is 10.1. The molecule has 1 heterocycles. The summed E-state index contributed by atoms with van der Waals surface area (Å²) in [6.45, 7) is 6.91. The molecule has 2 amide bonds. The molecular formula is C23H25F4N3O4S. The van der Waals surface area contributed by atoms with Gasteiger partial charge in [-0.15, -0.1) is 0 Å². The van der Waals surface area contributed by atoms with Crippen molar-refractivity contribution in [2.24, 2.45) is 0 Å². The number of ketones is 1. The van der Waals surface area contributed by atoms with Crippen LogP contribution in [0.5, 0.6) is 11.5 Å². The highest BCUT2D eigenvalue weighted by Gasteiger charge is 2.38. The van der Waals surface area contributed by atoms with Crippen LogP contribution in [-0.4, -0.2) is 42.1 Å². The topological polar surface area (TPSA) is 88.6 Å². The fraction of sp³-hybridized carbons (Fsp3) is 0.304. The number of anilines is 1. The molecule has 1 N–H and O–H groups in total. The molecule has 0 atom stereocenters. The predicted molar refractivity (Wildman–Crippen MR) is 125 cm³/mol. The van der Waals surface area contributed by atoms with Crippen molar-refractivity contribution in [2.45, 2.75) is 38.9 Å². The number of ether oxygens (including phenoxy) is 1. The Hall–Kier alpha value is -3.41. The summed E-state index contributed by atoms with van der Waals surface area (Å²) in [5.41, 5.74) is -1.75. The van der Waals surface area contributed by atoms with E-state index in [0.29, 0.717) is 9.93 Å². The minimum absolute atomic E-state index is 0.0368. The molecule has 1 aromatic carbocycles. The van der Waals surface area contributed by atoms with Crippen LogP contribution in [0.3, 0.4) is 0 Å². The van der Waals surface area contributed by atoms with E-state index in [-0.39, 0.29) is 41.1 Å². The van der Waals surface area contributed by atoms with E-state index in [1.807, 2.05) is 13.8 Å². The number of allylic oxidation sites excluding steroid dienone is 1. The van der Waals surface area contributed by atoms with Gasteiger partial charge in [0.15, 0.2) is 5.75 Å². The van der Waals surface area contributed by atoms with Gasteiger partial charge in [-0.3, -0.25) is 19.7 Å². The molecule has 12 heteroatoms. The summed E-state index contributed by atoms with van der Waals surface area (Å²) in [5, 5.41) is 1.94. The maximum absolute atomic E-state index is 14.6. The number of pyridine rings is 1. The van der Waals surface area contributed by atoms with Gasteiger partial charge < -0.3 is 9.64 Å². The standard InChI is InChI=1S/C21H19F4N3O4S.C2H6/c1-12-7-14(22)15(28(3)18(21(23,24)25)9-19(31)27-11-29)8-17(12)32-16-5-4-6-26-20(16)33-10-13(2)30;1-2/h4-9,11H,10H2,1-3H3,(H,27,29,31);1-2H3/b18-9-;. The van der Waals surface area contributed by atoms with Crippen LogP contribution in [0.1, 0.15) is 26.3 Å². The van der Waals surface area contributed by atoms with Crippen LogP contribution < -0.4 is 15.0 Å². The van der Waals surface area contributed by atoms with Crippen molar-refractivity contribution in [3.8, 4) is 11.5 Å². The molecule has 7 nitrogen and oxygen atoms in total. The Kier molecular flexibility index (Phi) is 11.4. The van der Waals surface area contributed by atoms with Gasteiger partial charge in [0.25, 0.3) is 5.91 Å². The molecule has 0 fully saturated rings. The average Bonchev–Trinajstić information content (AvgIpc) is 2.79. The summed E-state index contributed by atoms with van der Waals surface area (Å²) in [4.78, 5) is 37.7. The SMILES string of the molecule is CC.CC(=O)CSc1ncccc1Oc1cc(N(C)/C(=C\C(=O)NC=O)C(F)(F)F)c(F)cc1C. The van der Waals surface area contributed by atoms with E-state index in [1.54, 1.807) is 17.4 Å². The molecule has 35 heavy (non-hydrogen) atoms. The fourth-order valence-corrected chi connectivity index (χ4v) is 3.31. The fourth-order valence-electron chi connectivity index (χ4n) is 2.58. The number of halogens is 4. The molecule has 0 saturated carbocycles. The van der Waals surface area contributed by atoms with E-state index in [4.69, 9.17) is 4.74 Å². The minimum atomic E-state index is -5.03. The van der Waals surface area contributed by atoms with E-state index >= 15 is 0 Å². The van der Waals surface area contributed by atoms with Crippen LogP contribution in [0.15, 0.2) is 47.3 Å². The molecule has 0 unspecified atom stereocenters. The third-order valence-electron chi connectivity index (χ3n) is 4.09. The van der Waals surface area contributed by atoms with Crippen molar-refractivity contribution >= 4 is 35.5 Å². The summed E-state index contributed by atoms with van der Waals surface area (Å²) in [6.07, 6.45) is -3.48. The largest absolute Gasteiger partial charge is 0.454 e. The first-order chi connectivity index (χ1) is 16.4. The van der Waals surface area contributed by atoms with Gasteiger partial charge >= 0.3 is 6.18 Å². The molecule has 2 aromatic rings. The van der Waals surface area contributed by atoms with Crippen LogP contribution in [-0.2, 0) is 14.4 Å². The highest BCUT2D eigenvalue weighted by molar-refractivity contribution is 8.00. The molecular weight excluding hydrogens is 490 g/mol. The zero-order valence-electron chi connectivity index (χ0n) is 19.7. The number of aryl methyl sites for hydroxylation is 1. The molecule has 0 aliphatic rings. The third kappa shape index (κ3) is 8.71. The van der Waals surface area contributed by atoms with Gasteiger partial charge in [0.2, 0.25) is 6.41 Å². The first-order valence-electron chi connectivity index (χ1n) is 10.3. The van der Waals surface area contributed by atoms with Crippen LogP contribution in [0.2, 0.25) is 0 Å². The normalized spacial score (nSPS) is 11.2. The summed E-state index contributed by atoms with van der Waals surface area (Å²) in [6, 6.07) is 5.15. The summed E-state index contributed by atoms with van der Waals surface area (Å²) >= 11 is 1.11. The zero-order valence-corrected chi connectivity index (χ0v) is 20.5. The highest BCUT2D eigenvalue weighted by atomic mass is 32.2. The molecule has 190 valence electrons. The van der Waals surface area contributed by atoms with Crippen molar-refractivity contribution in [3.63, 3.8) is 0 Å². The van der Waals surface area contributed by atoms with Gasteiger partial charge in [0.05, 0.1) is 11.4 Å². The predicted octanol–water partition coefficient (Wildman–Crippen LogP) is 5.18. The first-order valence-corrected chi connectivity index (χ1v) is 11.2. The summed E-state index contributed by atoms with van der Waals surface area (Å²) in [5.74, 6) is -2.02. The number of imide groups is 1. The number of carbonyl (C=O) groups excluding carboxylic acids is 3. The molecule has 1 aromatic heterocycles. The smallest absolute Gasteiger partial charge is 0.431 e. The van der Waals surface area contributed by atoms with Gasteiger partial charge in [-0.05, 0) is 37.6 Å². The maximum Gasteiger partial charge on any atom is 0.431 e. The van der Waals surface area contributed by atoms with Crippen molar-refractivity contribution < 1.29 is 36.7 Å². The van der Waals surface area contributed by atoms with E-state index < -0.39 is 29.3 Å². The second-order valence-corrected chi connectivity index (χ2v) is 7.65. The van der Waals surface area contributed by atoms with Crippen molar-refractivity contribution in [3.05, 3.63) is 53.6 Å². The number of rotatable bonds is 9. The Morgan fingerprint density at radius 2 is 1.89 bits per heavy atom. The molecule has 0 spiro atoms. The zero-order chi connectivity index (χ0) is 26.8. The van der Waals surface area contributed by atoms with E-state index in [9.17, 15) is 31.9 Å². The number of carbonyl (C=O) groups is 3. The number of nitrogens with zero attached hydrogens (tertiary/aromatic N) is 2. The molecule has 2 rings (SSSR count). The number of alkyl halides is 3. The van der Waals surface area contributed by atoms with E-state index in [2.05, 4.69) is 4.98 Å². The summed E-state index contributed by atoms with van der Waals surface area (Å²) in [7, 11) is 0.920. The average molecular weight is 516 g/mol. The third-order valence-corrected chi connectivity index (χ3v) is 5.23. The maximum atomic E-state index is 14.6. The van der Waals surface area contributed by atoms with E-state index in [0.717, 1.165) is 30.9 Å². The van der Waals surface area contributed by atoms with Gasteiger partial charge in [0.1, 0.15) is 28.1 Å². The quantitative estimate of drug-likeness (QED) is 0.213. The minimum Gasteiger partial charge on any atom is -0.454 e. The lowest BCUT2D eigenvalue weighted by Crippen LogP contribution is -2.32. The van der Waals surface area contributed by atoms with Gasteiger partial charge in [-0.2, -0.15) is 13.2 Å². The molecule has 0 aliphatic carbocycles. The van der Waals surface area contributed by atoms with Crippen LogP contribution in [0.25, 0.3) is 0 Å². The van der Waals surface area contributed by atoms with Gasteiger partial charge in [-0.25, -0.2) is 9.37 Å². The number of thioether (sulfide) groups is 1. The summed E-state index contributed by atoms with van der Waals surface area (Å²) < 4.78 is 61.1. The van der Waals surface area contributed by atoms with E-state index in [1.165, 1.54) is 20.0 Å². The number of benzene rings is 1. The number of nitrogens with one attached hydrogen (secondary N) is 1. The number of aromatic nitrogens is 1. The number of hydrogen-bond acceptors (Lipinski definition) is 7. The van der Waals surface area contributed by atoms with Gasteiger partial charge in [-0.1, -0.05) is 25.6 Å². The highest BCUT2D eigenvalue weighted by Crippen LogP contribution is 2.38.